The van der Waals surface area contributed by atoms with E-state index in [9.17, 15) is 9.59 Å². The average Bonchev–Trinajstić information content (AvgIpc) is 3.50. The Balaban J connectivity index is 1.68. The number of nitrogens with one attached hydrogen (secondary N) is 3. The van der Waals surface area contributed by atoms with E-state index in [2.05, 4.69) is 25.8 Å². The summed E-state index contributed by atoms with van der Waals surface area (Å²) >= 11 is 0. The molecule has 0 bridgehead atoms. The van der Waals surface area contributed by atoms with Crippen molar-refractivity contribution in [3.8, 4) is 22.6 Å². The van der Waals surface area contributed by atoms with Gasteiger partial charge in [-0.25, -0.2) is 9.97 Å². The maximum Gasteiger partial charge on any atom is 0.269 e. The van der Waals surface area contributed by atoms with Crippen molar-refractivity contribution >= 4 is 34.1 Å². The van der Waals surface area contributed by atoms with Crippen LogP contribution in [0.2, 0.25) is 0 Å². The first-order chi connectivity index (χ1) is 16.8. The molecular formula is C25H26N8O2. The van der Waals surface area contributed by atoms with E-state index < -0.39 is 11.4 Å². The number of benzene rings is 2. The molecular weight excluding hydrogens is 444 g/mol. The highest BCUT2D eigenvalue weighted by Gasteiger charge is 2.36. The van der Waals surface area contributed by atoms with Crippen LogP contribution in [0.25, 0.3) is 33.5 Å². The Kier molecular flexibility index (Phi) is 5.45. The third-order valence-corrected chi connectivity index (χ3v) is 6.53. The summed E-state index contributed by atoms with van der Waals surface area (Å²) in [5, 5.41) is 14.2. The lowest BCUT2D eigenvalue weighted by Crippen LogP contribution is -2.48. The second kappa shape index (κ2) is 8.48. The number of aryl methyl sites for hydroxylation is 1. The van der Waals surface area contributed by atoms with E-state index in [4.69, 9.17) is 16.5 Å². The summed E-state index contributed by atoms with van der Waals surface area (Å²) in [5.74, 6) is -0.691. The van der Waals surface area contributed by atoms with E-state index in [0.717, 1.165) is 41.4 Å². The highest BCUT2D eigenvalue weighted by atomic mass is 16.2. The van der Waals surface area contributed by atoms with Crippen molar-refractivity contribution in [2.24, 2.45) is 5.73 Å². The molecule has 1 aliphatic rings. The van der Waals surface area contributed by atoms with Gasteiger partial charge >= 0.3 is 0 Å². The molecule has 1 saturated heterocycles. The van der Waals surface area contributed by atoms with Gasteiger partial charge < -0.3 is 22.1 Å². The van der Waals surface area contributed by atoms with Crippen molar-refractivity contribution in [1.82, 2.24) is 25.5 Å². The number of nitrogens with zero attached hydrogens (tertiary/aromatic N) is 3. The van der Waals surface area contributed by atoms with Crippen LogP contribution < -0.4 is 22.1 Å². The Hall–Kier alpha value is -4.31. The van der Waals surface area contributed by atoms with Gasteiger partial charge in [-0.1, -0.05) is 18.2 Å². The summed E-state index contributed by atoms with van der Waals surface area (Å²) in [6.45, 7) is 4.60. The van der Waals surface area contributed by atoms with Crippen molar-refractivity contribution < 1.29 is 9.59 Å². The van der Waals surface area contributed by atoms with Crippen LogP contribution in [0.15, 0.2) is 42.6 Å². The first-order valence-electron chi connectivity index (χ1n) is 11.3. The normalized spacial score (nSPS) is 17.5. The second-order valence-electron chi connectivity index (χ2n) is 8.97. The SMILES string of the molecule is Cc1ccc2[nH]ncc2c1-c1nc(-c2ccccc2NC(=O)[C@]2(C)CCCN2)nc(C(N)=O)c1N. The summed E-state index contributed by atoms with van der Waals surface area (Å²) in [7, 11) is 0. The topological polar surface area (TPSA) is 165 Å². The zero-order chi connectivity index (χ0) is 24.7. The molecule has 3 heterocycles. The lowest BCUT2D eigenvalue weighted by molar-refractivity contribution is -0.121. The van der Waals surface area contributed by atoms with E-state index in [0.29, 0.717) is 16.9 Å². The number of aromatic nitrogens is 4. The van der Waals surface area contributed by atoms with E-state index in [1.807, 2.05) is 38.1 Å². The number of hydrogen-bond donors (Lipinski definition) is 5. The fourth-order valence-electron chi connectivity index (χ4n) is 4.54. The molecule has 5 rings (SSSR count). The van der Waals surface area contributed by atoms with Gasteiger partial charge in [0.25, 0.3) is 5.91 Å². The number of primary amides is 1. The Morgan fingerprint density at radius 2 is 1.94 bits per heavy atom. The number of nitrogen functional groups attached to an aromatic ring is 1. The van der Waals surface area contributed by atoms with Gasteiger partial charge in [-0.15, -0.1) is 0 Å². The average molecular weight is 471 g/mol. The van der Waals surface area contributed by atoms with Gasteiger partial charge in [0.2, 0.25) is 5.91 Å². The molecule has 10 nitrogen and oxygen atoms in total. The molecule has 0 aliphatic carbocycles. The van der Waals surface area contributed by atoms with Crippen LogP contribution >= 0.6 is 0 Å². The third kappa shape index (κ3) is 3.87. The van der Waals surface area contributed by atoms with Crippen LogP contribution in [0, 0.1) is 6.92 Å². The maximum atomic E-state index is 13.1. The van der Waals surface area contributed by atoms with Crippen LogP contribution in [0.3, 0.4) is 0 Å². The molecule has 178 valence electrons. The number of carbonyl (C=O) groups excluding carboxylic acids is 2. The van der Waals surface area contributed by atoms with Gasteiger partial charge in [-0.05, 0) is 57.0 Å². The van der Waals surface area contributed by atoms with Crippen molar-refractivity contribution in [2.75, 3.05) is 17.6 Å². The molecule has 2 aromatic carbocycles. The molecule has 10 heteroatoms. The number of hydrogen-bond acceptors (Lipinski definition) is 7. The number of nitrogens with two attached hydrogens (primary N) is 2. The number of fused-ring (bicyclic) bond motifs is 1. The number of rotatable bonds is 5. The zero-order valence-electron chi connectivity index (χ0n) is 19.5. The quantitative estimate of drug-likeness (QED) is 0.299. The molecule has 0 radical (unpaired) electrons. The molecule has 0 spiro atoms. The van der Waals surface area contributed by atoms with Crippen molar-refractivity contribution in [1.29, 1.82) is 0 Å². The molecule has 0 saturated carbocycles. The van der Waals surface area contributed by atoms with E-state index in [1.165, 1.54) is 0 Å². The second-order valence-corrected chi connectivity index (χ2v) is 8.97. The molecule has 7 N–H and O–H groups in total. The number of anilines is 2. The molecule has 35 heavy (non-hydrogen) atoms. The van der Waals surface area contributed by atoms with E-state index in [-0.39, 0.29) is 23.1 Å². The molecule has 2 amide bonds. The van der Waals surface area contributed by atoms with Gasteiger partial charge in [0.15, 0.2) is 11.5 Å². The summed E-state index contributed by atoms with van der Waals surface area (Å²) in [5.41, 5.74) is 15.2. The van der Waals surface area contributed by atoms with Crippen molar-refractivity contribution in [3.05, 3.63) is 53.9 Å². The monoisotopic (exact) mass is 470 g/mol. The van der Waals surface area contributed by atoms with Crippen LogP contribution in [-0.2, 0) is 4.79 Å². The largest absolute Gasteiger partial charge is 0.395 e. The minimum atomic E-state index is -0.770. The van der Waals surface area contributed by atoms with E-state index >= 15 is 0 Å². The Labute approximate surface area is 201 Å². The van der Waals surface area contributed by atoms with Gasteiger partial charge in [-0.2, -0.15) is 5.10 Å². The summed E-state index contributed by atoms with van der Waals surface area (Å²) in [6, 6.07) is 11.0. The summed E-state index contributed by atoms with van der Waals surface area (Å²) in [6.07, 6.45) is 3.35. The number of carbonyl (C=O) groups is 2. The first-order valence-corrected chi connectivity index (χ1v) is 11.3. The fraction of sp³-hybridized carbons (Fsp3) is 0.240. The molecule has 4 aromatic rings. The third-order valence-electron chi connectivity index (χ3n) is 6.53. The van der Waals surface area contributed by atoms with Crippen molar-refractivity contribution in [2.45, 2.75) is 32.2 Å². The van der Waals surface area contributed by atoms with Gasteiger partial charge in [0, 0.05) is 16.5 Å². The number of para-hydroxylation sites is 1. The molecule has 1 aliphatic heterocycles. The number of aromatic amines is 1. The number of amides is 2. The maximum absolute atomic E-state index is 13.1. The lowest BCUT2D eigenvalue weighted by Gasteiger charge is -2.24. The lowest BCUT2D eigenvalue weighted by atomic mass is 9.98. The van der Waals surface area contributed by atoms with Crippen LogP contribution in [0.1, 0.15) is 35.8 Å². The Bertz CT molecular complexity index is 1470. The summed E-state index contributed by atoms with van der Waals surface area (Å²) < 4.78 is 0. The predicted octanol–water partition coefficient (Wildman–Crippen LogP) is 2.76. The van der Waals surface area contributed by atoms with E-state index in [1.54, 1.807) is 18.3 Å². The predicted molar refractivity (Wildman–Crippen MR) is 134 cm³/mol. The molecule has 0 unspecified atom stereocenters. The van der Waals surface area contributed by atoms with Crippen LogP contribution in [0.4, 0.5) is 11.4 Å². The van der Waals surface area contributed by atoms with Gasteiger partial charge in [0.1, 0.15) is 0 Å². The summed E-state index contributed by atoms with van der Waals surface area (Å²) in [4.78, 5) is 34.6. The Morgan fingerprint density at radius 1 is 1.14 bits per heavy atom. The van der Waals surface area contributed by atoms with Crippen LogP contribution in [0.5, 0.6) is 0 Å². The molecule has 2 aromatic heterocycles. The van der Waals surface area contributed by atoms with Crippen molar-refractivity contribution in [3.63, 3.8) is 0 Å². The Morgan fingerprint density at radius 3 is 2.69 bits per heavy atom. The van der Waals surface area contributed by atoms with Gasteiger partial charge in [0.05, 0.1) is 34.3 Å². The number of H-pyrrole nitrogens is 1. The standard InChI is InChI=1S/C25H26N8O2/c1-13-8-9-17-15(12-29-33-17)18(13)20-19(26)21(22(27)34)32-23(31-20)14-6-3-4-7-16(14)30-24(35)25(2)10-5-11-28-25/h3-4,6-9,12,28H,5,10-11,26H2,1-2H3,(H2,27,34)(H,29,33)(H,30,35)/t25-/m0/s1. The van der Waals surface area contributed by atoms with Gasteiger partial charge in [-0.3, -0.25) is 14.7 Å². The minimum Gasteiger partial charge on any atom is -0.395 e. The molecule has 1 fully saturated rings. The minimum absolute atomic E-state index is 0.0854. The molecule has 1 atom stereocenters. The highest BCUT2D eigenvalue weighted by molar-refractivity contribution is 6.05. The highest BCUT2D eigenvalue weighted by Crippen LogP contribution is 2.37. The van der Waals surface area contributed by atoms with Crippen LogP contribution in [-0.4, -0.2) is 44.1 Å². The zero-order valence-corrected chi connectivity index (χ0v) is 19.5. The fourth-order valence-corrected chi connectivity index (χ4v) is 4.54. The first kappa shape index (κ1) is 22.5. The smallest absolute Gasteiger partial charge is 0.269 e.